The second-order valence-corrected chi connectivity index (χ2v) is 11.3. The molecule has 3 aromatic carbocycles. The van der Waals surface area contributed by atoms with Crippen LogP contribution in [0.25, 0.3) is 0 Å². The molecule has 3 rings (SSSR count). The van der Waals surface area contributed by atoms with Gasteiger partial charge in [0.1, 0.15) is 11.8 Å². The number of rotatable bonds is 14. The molecule has 0 unspecified atom stereocenters. The minimum atomic E-state index is -3.66. The van der Waals surface area contributed by atoms with Crippen molar-refractivity contribution in [1.29, 1.82) is 0 Å². The van der Waals surface area contributed by atoms with Crippen molar-refractivity contribution in [3.63, 3.8) is 0 Å². The Morgan fingerprint density at radius 2 is 1.56 bits per heavy atom. The van der Waals surface area contributed by atoms with Crippen molar-refractivity contribution in [2.24, 2.45) is 0 Å². The van der Waals surface area contributed by atoms with Gasteiger partial charge in [0.2, 0.25) is 21.8 Å². The zero-order valence-electron chi connectivity index (χ0n) is 22.7. The molecule has 208 valence electrons. The quantitative estimate of drug-likeness (QED) is 0.328. The molecule has 0 heterocycles. The molecule has 0 aliphatic carbocycles. The Labute approximate surface area is 231 Å². The number of hydrogen-bond acceptors (Lipinski definition) is 5. The van der Waals surface area contributed by atoms with E-state index in [4.69, 9.17) is 4.74 Å². The van der Waals surface area contributed by atoms with Crippen LogP contribution in [0.4, 0.5) is 0 Å². The maximum absolute atomic E-state index is 13.7. The van der Waals surface area contributed by atoms with Crippen molar-refractivity contribution in [3.8, 4) is 5.75 Å². The number of carbonyl (C=O) groups is 2. The van der Waals surface area contributed by atoms with E-state index in [0.717, 1.165) is 11.1 Å². The molecule has 0 aliphatic rings. The normalized spacial score (nSPS) is 12.1. The van der Waals surface area contributed by atoms with E-state index in [2.05, 4.69) is 5.32 Å². The number of ether oxygens (including phenoxy) is 1. The van der Waals surface area contributed by atoms with Gasteiger partial charge in [0.05, 0.1) is 12.0 Å². The smallest absolute Gasteiger partial charge is 0.243 e. The third-order valence-corrected chi connectivity index (χ3v) is 8.30. The van der Waals surface area contributed by atoms with Gasteiger partial charge >= 0.3 is 0 Å². The SMILES string of the molecule is CCNC(=O)[C@H](Cc1ccccc1)N(Cc1cccc(OC)c1)C(=O)CCCN(C)S(=O)(=O)c1ccccc1. The molecule has 0 bridgehead atoms. The number of nitrogens with zero attached hydrogens (tertiary/aromatic N) is 2. The first-order valence-corrected chi connectivity index (χ1v) is 14.5. The van der Waals surface area contributed by atoms with Crippen molar-refractivity contribution >= 4 is 21.8 Å². The summed E-state index contributed by atoms with van der Waals surface area (Å²) >= 11 is 0. The summed E-state index contributed by atoms with van der Waals surface area (Å²) in [6.07, 6.45) is 0.747. The number of benzene rings is 3. The average Bonchev–Trinajstić information content (AvgIpc) is 2.96. The second kappa shape index (κ2) is 14.5. The summed E-state index contributed by atoms with van der Waals surface area (Å²) in [7, 11) is -0.575. The zero-order chi connectivity index (χ0) is 28.3. The van der Waals surface area contributed by atoms with Gasteiger partial charge in [0.25, 0.3) is 0 Å². The summed E-state index contributed by atoms with van der Waals surface area (Å²) in [6.45, 7) is 2.66. The lowest BCUT2D eigenvalue weighted by atomic mass is 10.0. The number of methoxy groups -OCH3 is 1. The predicted molar refractivity (Wildman–Crippen MR) is 152 cm³/mol. The van der Waals surface area contributed by atoms with Gasteiger partial charge < -0.3 is 15.0 Å². The Hall–Kier alpha value is -3.69. The third-order valence-electron chi connectivity index (χ3n) is 6.42. The number of amides is 2. The molecule has 0 radical (unpaired) electrons. The Bertz CT molecular complexity index is 1320. The van der Waals surface area contributed by atoms with Crippen LogP contribution in [0.1, 0.15) is 30.9 Å². The second-order valence-electron chi connectivity index (χ2n) is 9.22. The van der Waals surface area contributed by atoms with Crippen molar-refractivity contribution in [2.45, 2.75) is 43.7 Å². The number of likely N-dealkylation sites (N-methyl/N-ethyl adjacent to an activating group) is 1. The number of nitrogens with one attached hydrogen (secondary N) is 1. The molecule has 0 spiro atoms. The molecular formula is C30H37N3O5S. The van der Waals surface area contributed by atoms with E-state index >= 15 is 0 Å². The molecule has 3 aromatic rings. The molecule has 39 heavy (non-hydrogen) atoms. The standard InChI is InChI=1S/C30H37N3O5S/c1-4-31-30(35)28(22-24-13-7-5-8-14-24)33(23-25-15-11-16-26(21-25)38-3)29(34)19-12-20-32(2)39(36,37)27-17-9-6-10-18-27/h5-11,13-18,21,28H,4,12,19-20,22-23H2,1-3H3,(H,31,35)/t28-/m0/s1. The molecule has 0 aliphatic heterocycles. The van der Waals surface area contributed by atoms with Gasteiger partial charge in [-0.1, -0.05) is 60.7 Å². The largest absolute Gasteiger partial charge is 0.497 e. The molecule has 1 N–H and O–H groups in total. The van der Waals surface area contributed by atoms with Crippen LogP contribution in [0, 0.1) is 0 Å². The highest BCUT2D eigenvalue weighted by Gasteiger charge is 2.30. The lowest BCUT2D eigenvalue weighted by Crippen LogP contribution is -2.50. The number of carbonyl (C=O) groups excluding carboxylic acids is 2. The highest BCUT2D eigenvalue weighted by Crippen LogP contribution is 2.20. The fourth-order valence-corrected chi connectivity index (χ4v) is 5.53. The minimum absolute atomic E-state index is 0.0866. The molecule has 2 amide bonds. The molecule has 9 heteroatoms. The number of hydrogen-bond donors (Lipinski definition) is 1. The average molecular weight is 552 g/mol. The summed E-state index contributed by atoms with van der Waals surface area (Å²) in [5.74, 6) is 0.196. The van der Waals surface area contributed by atoms with E-state index in [-0.39, 0.29) is 36.2 Å². The van der Waals surface area contributed by atoms with E-state index in [1.165, 1.54) is 11.4 Å². The van der Waals surface area contributed by atoms with Gasteiger partial charge in [0, 0.05) is 39.5 Å². The Balaban J connectivity index is 1.82. The van der Waals surface area contributed by atoms with Crippen LogP contribution >= 0.6 is 0 Å². The number of sulfonamides is 1. The Kier molecular flexibility index (Phi) is 11.1. The van der Waals surface area contributed by atoms with Crippen LogP contribution in [-0.2, 0) is 32.6 Å². The molecule has 0 saturated heterocycles. The highest BCUT2D eigenvalue weighted by molar-refractivity contribution is 7.89. The first kappa shape index (κ1) is 29.9. The first-order valence-electron chi connectivity index (χ1n) is 13.0. The van der Waals surface area contributed by atoms with Crippen LogP contribution in [0.15, 0.2) is 89.8 Å². The molecule has 0 fully saturated rings. The maximum Gasteiger partial charge on any atom is 0.243 e. The topological polar surface area (TPSA) is 96.0 Å². The van der Waals surface area contributed by atoms with Crippen LogP contribution in [-0.4, -0.2) is 62.7 Å². The summed E-state index contributed by atoms with van der Waals surface area (Å²) in [6, 6.07) is 24.5. The van der Waals surface area contributed by atoms with Crippen LogP contribution in [0.5, 0.6) is 5.75 Å². The molecule has 0 saturated carbocycles. The van der Waals surface area contributed by atoms with Gasteiger partial charge in [0.15, 0.2) is 0 Å². The van der Waals surface area contributed by atoms with Gasteiger partial charge in [-0.3, -0.25) is 9.59 Å². The molecule has 1 atom stereocenters. The van der Waals surface area contributed by atoms with E-state index in [1.54, 1.807) is 42.3 Å². The Morgan fingerprint density at radius 1 is 0.923 bits per heavy atom. The van der Waals surface area contributed by atoms with Crippen LogP contribution in [0.3, 0.4) is 0 Å². The van der Waals surface area contributed by atoms with E-state index in [9.17, 15) is 18.0 Å². The van der Waals surface area contributed by atoms with Gasteiger partial charge in [-0.15, -0.1) is 0 Å². The minimum Gasteiger partial charge on any atom is -0.497 e. The lowest BCUT2D eigenvalue weighted by molar-refractivity contribution is -0.141. The van der Waals surface area contributed by atoms with Gasteiger partial charge in [-0.25, -0.2) is 12.7 Å². The van der Waals surface area contributed by atoms with E-state index < -0.39 is 16.1 Å². The monoisotopic (exact) mass is 551 g/mol. The molecule has 8 nitrogen and oxygen atoms in total. The fourth-order valence-electron chi connectivity index (χ4n) is 4.30. The van der Waals surface area contributed by atoms with Crippen LogP contribution < -0.4 is 10.1 Å². The van der Waals surface area contributed by atoms with Crippen molar-refractivity contribution in [1.82, 2.24) is 14.5 Å². The van der Waals surface area contributed by atoms with Crippen molar-refractivity contribution in [3.05, 3.63) is 96.1 Å². The Morgan fingerprint density at radius 3 is 2.21 bits per heavy atom. The lowest BCUT2D eigenvalue weighted by Gasteiger charge is -2.32. The van der Waals surface area contributed by atoms with Crippen molar-refractivity contribution < 1.29 is 22.7 Å². The zero-order valence-corrected chi connectivity index (χ0v) is 23.6. The summed E-state index contributed by atoms with van der Waals surface area (Å²) < 4.78 is 32.4. The highest BCUT2D eigenvalue weighted by atomic mass is 32.2. The first-order chi connectivity index (χ1) is 18.8. The van der Waals surface area contributed by atoms with Crippen molar-refractivity contribution in [2.75, 3.05) is 27.2 Å². The maximum atomic E-state index is 13.7. The van der Waals surface area contributed by atoms with Gasteiger partial charge in [-0.05, 0) is 48.7 Å². The molecule has 0 aromatic heterocycles. The summed E-state index contributed by atoms with van der Waals surface area (Å²) in [4.78, 5) is 28.8. The summed E-state index contributed by atoms with van der Waals surface area (Å²) in [5, 5.41) is 2.88. The van der Waals surface area contributed by atoms with E-state index in [1.807, 2.05) is 61.5 Å². The van der Waals surface area contributed by atoms with Crippen LogP contribution in [0.2, 0.25) is 0 Å². The van der Waals surface area contributed by atoms with E-state index in [0.29, 0.717) is 25.1 Å². The third kappa shape index (κ3) is 8.40. The summed E-state index contributed by atoms with van der Waals surface area (Å²) in [5.41, 5.74) is 1.76. The fraction of sp³-hybridized carbons (Fsp3) is 0.333. The molecular weight excluding hydrogens is 514 g/mol. The predicted octanol–water partition coefficient (Wildman–Crippen LogP) is 3.87. The van der Waals surface area contributed by atoms with Gasteiger partial charge in [-0.2, -0.15) is 0 Å².